The van der Waals surface area contributed by atoms with Crippen LogP contribution in [0.3, 0.4) is 0 Å². The smallest absolute Gasteiger partial charge is 0.336 e. The number of benzene rings is 1. The molecule has 21 heavy (non-hydrogen) atoms. The highest BCUT2D eigenvalue weighted by Gasteiger charge is 2.12. The van der Waals surface area contributed by atoms with Crippen LogP contribution in [0.1, 0.15) is 35.2 Å². The number of urea groups is 1. The summed E-state index contributed by atoms with van der Waals surface area (Å²) >= 11 is 0. The molecule has 2 amide bonds. The molecule has 0 heterocycles. The van der Waals surface area contributed by atoms with Crippen molar-refractivity contribution in [2.24, 2.45) is 5.92 Å². The number of carboxylic acid groups (broad SMARTS) is 1. The molecule has 0 spiro atoms. The molecule has 1 aliphatic rings. The Morgan fingerprint density at radius 1 is 1.33 bits per heavy atom. The highest BCUT2D eigenvalue weighted by atomic mass is 16.4. The van der Waals surface area contributed by atoms with Crippen LogP contribution in [0, 0.1) is 12.8 Å². The van der Waals surface area contributed by atoms with Gasteiger partial charge in [0.05, 0.1) is 5.56 Å². The second-order valence-corrected chi connectivity index (χ2v) is 5.32. The Kier molecular flexibility index (Phi) is 4.98. The van der Waals surface area contributed by atoms with Crippen molar-refractivity contribution in [1.82, 2.24) is 5.32 Å². The zero-order valence-electron chi connectivity index (χ0n) is 12.1. The molecule has 0 saturated heterocycles. The number of hydrogen-bond acceptors (Lipinski definition) is 2. The lowest BCUT2D eigenvalue weighted by Crippen LogP contribution is -2.33. The van der Waals surface area contributed by atoms with Gasteiger partial charge in [0.25, 0.3) is 0 Å². The number of carboxylic acids is 1. The van der Waals surface area contributed by atoms with Crippen LogP contribution >= 0.6 is 0 Å². The van der Waals surface area contributed by atoms with E-state index in [0.717, 1.165) is 19.3 Å². The van der Waals surface area contributed by atoms with Gasteiger partial charge in [-0.25, -0.2) is 9.59 Å². The van der Waals surface area contributed by atoms with Crippen LogP contribution in [0.2, 0.25) is 0 Å². The van der Waals surface area contributed by atoms with Crippen molar-refractivity contribution in [2.75, 3.05) is 11.9 Å². The van der Waals surface area contributed by atoms with Crippen molar-refractivity contribution < 1.29 is 14.7 Å². The number of hydrogen-bond donors (Lipinski definition) is 3. The van der Waals surface area contributed by atoms with E-state index in [1.54, 1.807) is 19.1 Å². The Morgan fingerprint density at radius 2 is 2.14 bits per heavy atom. The summed E-state index contributed by atoms with van der Waals surface area (Å²) in [7, 11) is 0. The van der Waals surface area contributed by atoms with Crippen molar-refractivity contribution in [3.63, 3.8) is 0 Å². The van der Waals surface area contributed by atoms with Gasteiger partial charge in [0.1, 0.15) is 0 Å². The SMILES string of the molecule is Cc1ccc(NC(=O)NCC2CC=CCC2)cc1C(=O)O. The van der Waals surface area contributed by atoms with Gasteiger partial charge in [-0.05, 0) is 49.8 Å². The molecule has 5 heteroatoms. The van der Waals surface area contributed by atoms with Crippen molar-refractivity contribution in [3.8, 4) is 0 Å². The third-order valence-corrected chi connectivity index (χ3v) is 3.65. The molecule has 112 valence electrons. The molecule has 3 N–H and O–H groups in total. The highest BCUT2D eigenvalue weighted by molar-refractivity contribution is 5.94. The first-order chi connectivity index (χ1) is 10.1. The zero-order chi connectivity index (χ0) is 15.2. The molecule has 0 aromatic heterocycles. The van der Waals surface area contributed by atoms with Gasteiger partial charge in [-0.1, -0.05) is 18.2 Å². The van der Waals surface area contributed by atoms with Crippen molar-refractivity contribution in [1.29, 1.82) is 0 Å². The molecule has 1 aliphatic carbocycles. The first-order valence-electron chi connectivity index (χ1n) is 7.10. The lowest BCUT2D eigenvalue weighted by molar-refractivity contribution is 0.0696. The van der Waals surface area contributed by atoms with E-state index in [0.29, 0.717) is 23.7 Å². The van der Waals surface area contributed by atoms with Gasteiger partial charge in [-0.2, -0.15) is 0 Å². The molecule has 5 nitrogen and oxygen atoms in total. The van der Waals surface area contributed by atoms with Crippen molar-refractivity contribution in [3.05, 3.63) is 41.5 Å². The van der Waals surface area contributed by atoms with E-state index in [9.17, 15) is 9.59 Å². The summed E-state index contributed by atoms with van der Waals surface area (Å²) in [6, 6.07) is 4.56. The predicted octanol–water partition coefficient (Wildman–Crippen LogP) is 3.17. The molecule has 0 radical (unpaired) electrons. The minimum atomic E-state index is -0.995. The van der Waals surface area contributed by atoms with Gasteiger partial charge in [-0.15, -0.1) is 0 Å². The minimum absolute atomic E-state index is 0.199. The predicted molar refractivity (Wildman–Crippen MR) is 81.6 cm³/mol. The summed E-state index contributed by atoms with van der Waals surface area (Å²) < 4.78 is 0. The zero-order valence-corrected chi connectivity index (χ0v) is 12.1. The standard InChI is InChI=1S/C16H20N2O3/c1-11-7-8-13(9-14(11)15(19)20)18-16(21)17-10-12-5-3-2-4-6-12/h2-3,7-9,12H,4-6,10H2,1H3,(H,19,20)(H2,17,18,21). The summed E-state index contributed by atoms with van der Waals surface area (Å²) in [5.74, 6) is -0.515. The molecule has 0 fully saturated rings. The van der Waals surface area contributed by atoms with E-state index in [1.807, 2.05) is 0 Å². The minimum Gasteiger partial charge on any atom is -0.478 e. The molecule has 0 aliphatic heterocycles. The van der Waals surface area contributed by atoms with E-state index in [4.69, 9.17) is 5.11 Å². The molecule has 1 unspecified atom stereocenters. The Labute approximate surface area is 124 Å². The fourth-order valence-electron chi connectivity index (χ4n) is 2.38. The van der Waals surface area contributed by atoms with Gasteiger partial charge in [0.15, 0.2) is 0 Å². The summed E-state index contributed by atoms with van der Waals surface area (Å²) in [6.45, 7) is 2.36. The van der Waals surface area contributed by atoms with Crippen LogP contribution < -0.4 is 10.6 Å². The maximum atomic E-state index is 11.8. The van der Waals surface area contributed by atoms with Crippen LogP contribution in [0.15, 0.2) is 30.4 Å². The highest BCUT2D eigenvalue weighted by Crippen LogP contribution is 2.17. The second kappa shape index (κ2) is 6.92. The number of aromatic carboxylic acids is 1. The molecular weight excluding hydrogens is 268 g/mol. The number of anilines is 1. The number of carbonyl (C=O) groups excluding carboxylic acids is 1. The maximum Gasteiger partial charge on any atom is 0.336 e. The van der Waals surface area contributed by atoms with Gasteiger partial charge >= 0.3 is 12.0 Å². The van der Waals surface area contributed by atoms with Crippen LogP contribution in [-0.2, 0) is 0 Å². The lowest BCUT2D eigenvalue weighted by atomic mass is 9.94. The number of nitrogens with one attached hydrogen (secondary N) is 2. The maximum absolute atomic E-state index is 11.8. The fourth-order valence-corrected chi connectivity index (χ4v) is 2.38. The Bertz CT molecular complexity index is 567. The van der Waals surface area contributed by atoms with Crippen molar-refractivity contribution >= 4 is 17.7 Å². The van der Waals surface area contributed by atoms with Crippen LogP contribution in [0.5, 0.6) is 0 Å². The number of allylic oxidation sites excluding steroid dienone is 2. The summed E-state index contributed by atoms with van der Waals surface area (Å²) in [4.78, 5) is 22.9. The van der Waals surface area contributed by atoms with Crippen LogP contribution in [-0.4, -0.2) is 23.7 Å². The average Bonchev–Trinajstić information content (AvgIpc) is 2.48. The largest absolute Gasteiger partial charge is 0.478 e. The van der Waals surface area contributed by atoms with E-state index >= 15 is 0 Å². The number of carbonyl (C=O) groups is 2. The number of aryl methyl sites for hydroxylation is 1. The molecule has 1 aromatic rings. The van der Waals surface area contributed by atoms with Crippen LogP contribution in [0.25, 0.3) is 0 Å². The van der Waals surface area contributed by atoms with E-state index in [-0.39, 0.29) is 11.6 Å². The monoisotopic (exact) mass is 288 g/mol. The number of rotatable bonds is 4. The normalized spacial score (nSPS) is 17.3. The van der Waals surface area contributed by atoms with Gasteiger partial charge < -0.3 is 15.7 Å². The summed E-state index contributed by atoms with van der Waals surface area (Å²) in [5, 5.41) is 14.6. The average molecular weight is 288 g/mol. The van der Waals surface area contributed by atoms with E-state index in [2.05, 4.69) is 22.8 Å². The van der Waals surface area contributed by atoms with E-state index in [1.165, 1.54) is 6.07 Å². The Hall–Kier alpha value is -2.30. The summed E-state index contributed by atoms with van der Waals surface area (Å²) in [5.41, 5.74) is 1.35. The summed E-state index contributed by atoms with van der Waals surface area (Å²) in [6.07, 6.45) is 7.45. The first kappa shape index (κ1) is 15.1. The Morgan fingerprint density at radius 3 is 2.81 bits per heavy atom. The fraction of sp³-hybridized carbons (Fsp3) is 0.375. The quantitative estimate of drug-likeness (QED) is 0.745. The van der Waals surface area contributed by atoms with Gasteiger partial charge in [-0.3, -0.25) is 0 Å². The molecule has 1 aromatic carbocycles. The lowest BCUT2D eigenvalue weighted by Gasteiger charge is -2.18. The third kappa shape index (κ3) is 4.34. The molecule has 0 saturated carbocycles. The third-order valence-electron chi connectivity index (χ3n) is 3.65. The second-order valence-electron chi connectivity index (χ2n) is 5.32. The van der Waals surface area contributed by atoms with Crippen LogP contribution in [0.4, 0.5) is 10.5 Å². The van der Waals surface area contributed by atoms with Gasteiger partial charge in [0, 0.05) is 12.2 Å². The van der Waals surface area contributed by atoms with Crippen molar-refractivity contribution in [2.45, 2.75) is 26.2 Å². The molecule has 2 rings (SSSR count). The molecule has 1 atom stereocenters. The van der Waals surface area contributed by atoms with Gasteiger partial charge in [0.2, 0.25) is 0 Å². The number of amides is 2. The molecule has 0 bridgehead atoms. The molecular formula is C16H20N2O3. The first-order valence-corrected chi connectivity index (χ1v) is 7.10. The van der Waals surface area contributed by atoms with E-state index < -0.39 is 5.97 Å². The topological polar surface area (TPSA) is 78.4 Å². The Balaban J connectivity index is 1.89.